The number of hydrogen-bond acceptors (Lipinski definition) is 7. The van der Waals surface area contributed by atoms with Gasteiger partial charge in [0.25, 0.3) is 5.91 Å². The molecular formula is C22H19N3O4S. The molecule has 1 N–H and O–H groups in total. The first-order valence-electron chi connectivity index (χ1n) is 9.68. The summed E-state index contributed by atoms with van der Waals surface area (Å²) in [6.45, 7) is 2.37. The van der Waals surface area contributed by atoms with Gasteiger partial charge in [-0.15, -0.1) is 11.3 Å². The van der Waals surface area contributed by atoms with Crippen molar-refractivity contribution in [1.82, 2.24) is 0 Å². The fourth-order valence-corrected chi connectivity index (χ4v) is 4.81. The number of ether oxygens (including phenoxy) is 3. The van der Waals surface area contributed by atoms with Gasteiger partial charge in [0.15, 0.2) is 11.5 Å². The van der Waals surface area contributed by atoms with Crippen molar-refractivity contribution in [2.24, 2.45) is 0 Å². The summed E-state index contributed by atoms with van der Waals surface area (Å²) >= 11 is 1.42. The number of benzene rings is 1. The summed E-state index contributed by atoms with van der Waals surface area (Å²) in [6.07, 6.45) is 5.35. The van der Waals surface area contributed by atoms with Gasteiger partial charge in [-0.1, -0.05) is 0 Å². The number of fused-ring (bicyclic) bond motifs is 2. The van der Waals surface area contributed by atoms with Gasteiger partial charge in [0.2, 0.25) is 6.79 Å². The van der Waals surface area contributed by atoms with E-state index in [2.05, 4.69) is 11.4 Å². The van der Waals surface area contributed by atoms with Crippen LogP contribution in [-0.4, -0.2) is 19.3 Å². The van der Waals surface area contributed by atoms with Gasteiger partial charge >= 0.3 is 0 Å². The van der Waals surface area contributed by atoms with Crippen molar-refractivity contribution >= 4 is 28.3 Å². The Morgan fingerprint density at radius 3 is 2.77 bits per heavy atom. The molecule has 0 saturated heterocycles. The Morgan fingerprint density at radius 1 is 1.27 bits per heavy atom. The van der Waals surface area contributed by atoms with E-state index in [0.29, 0.717) is 40.0 Å². The molecular weight excluding hydrogens is 402 g/mol. The maximum Gasteiger partial charge on any atom is 0.266 e. The summed E-state index contributed by atoms with van der Waals surface area (Å²) in [6, 6.07) is 7.53. The van der Waals surface area contributed by atoms with Gasteiger partial charge in [-0.2, -0.15) is 10.5 Å². The molecule has 1 aliphatic carbocycles. The van der Waals surface area contributed by atoms with Crippen LogP contribution in [0, 0.1) is 22.7 Å². The zero-order valence-corrected chi connectivity index (χ0v) is 17.2. The third kappa shape index (κ3) is 3.70. The molecule has 8 heteroatoms. The predicted octanol–water partition coefficient (Wildman–Crippen LogP) is 4.17. The van der Waals surface area contributed by atoms with Crippen LogP contribution in [0.4, 0.5) is 5.00 Å². The SMILES string of the molecule is CCOc1cc2c(cc1/C=C(\C#N)C(=O)Nc1sc3c(c1C#N)CCCC3)OCO2. The third-order valence-electron chi connectivity index (χ3n) is 4.98. The summed E-state index contributed by atoms with van der Waals surface area (Å²) in [5.74, 6) is 1.01. The molecule has 1 aromatic carbocycles. The van der Waals surface area contributed by atoms with Crippen molar-refractivity contribution in [3.05, 3.63) is 39.3 Å². The molecule has 1 amide bonds. The Labute approximate surface area is 178 Å². The molecule has 2 aromatic rings. The van der Waals surface area contributed by atoms with Crippen LogP contribution >= 0.6 is 11.3 Å². The molecule has 2 heterocycles. The molecule has 7 nitrogen and oxygen atoms in total. The van der Waals surface area contributed by atoms with E-state index >= 15 is 0 Å². The quantitative estimate of drug-likeness (QED) is 0.574. The largest absolute Gasteiger partial charge is 0.493 e. The average Bonchev–Trinajstić information content (AvgIpc) is 3.35. The summed E-state index contributed by atoms with van der Waals surface area (Å²) in [7, 11) is 0. The van der Waals surface area contributed by atoms with Gasteiger partial charge < -0.3 is 19.5 Å². The Balaban J connectivity index is 1.65. The smallest absolute Gasteiger partial charge is 0.266 e. The molecule has 0 atom stereocenters. The minimum absolute atomic E-state index is 0.0925. The Morgan fingerprint density at radius 2 is 2.03 bits per heavy atom. The van der Waals surface area contributed by atoms with Crippen molar-refractivity contribution < 1.29 is 19.0 Å². The van der Waals surface area contributed by atoms with Crippen molar-refractivity contribution in [3.8, 4) is 29.4 Å². The van der Waals surface area contributed by atoms with E-state index in [4.69, 9.17) is 14.2 Å². The fraction of sp³-hybridized carbons (Fsp3) is 0.318. The third-order valence-corrected chi connectivity index (χ3v) is 6.19. The first kappa shape index (κ1) is 19.8. The van der Waals surface area contributed by atoms with Crippen LogP contribution in [0.3, 0.4) is 0 Å². The molecule has 0 unspecified atom stereocenters. The molecule has 0 radical (unpaired) electrons. The van der Waals surface area contributed by atoms with E-state index in [-0.39, 0.29) is 12.4 Å². The van der Waals surface area contributed by atoms with Crippen molar-refractivity contribution in [3.63, 3.8) is 0 Å². The predicted molar refractivity (Wildman–Crippen MR) is 112 cm³/mol. The Kier molecular flexibility index (Phi) is 5.60. The lowest BCUT2D eigenvalue weighted by molar-refractivity contribution is -0.112. The van der Waals surface area contributed by atoms with Crippen LogP contribution in [0.5, 0.6) is 17.2 Å². The second kappa shape index (κ2) is 8.48. The number of nitriles is 2. The number of carbonyl (C=O) groups is 1. The summed E-state index contributed by atoms with van der Waals surface area (Å²) in [5.41, 5.74) is 1.99. The molecule has 0 fully saturated rings. The van der Waals surface area contributed by atoms with Crippen LogP contribution in [0.2, 0.25) is 0 Å². The first-order valence-corrected chi connectivity index (χ1v) is 10.5. The highest BCUT2D eigenvalue weighted by Gasteiger charge is 2.23. The monoisotopic (exact) mass is 421 g/mol. The van der Waals surface area contributed by atoms with E-state index in [1.165, 1.54) is 17.4 Å². The first-order chi connectivity index (χ1) is 14.6. The van der Waals surface area contributed by atoms with Gasteiger partial charge in [-0.25, -0.2) is 0 Å². The minimum Gasteiger partial charge on any atom is -0.493 e. The fourth-order valence-electron chi connectivity index (χ4n) is 3.58. The number of nitrogens with one attached hydrogen (secondary N) is 1. The maximum atomic E-state index is 12.8. The van der Waals surface area contributed by atoms with Crippen LogP contribution in [-0.2, 0) is 17.6 Å². The van der Waals surface area contributed by atoms with Crippen molar-refractivity contribution in [2.45, 2.75) is 32.6 Å². The number of aryl methyl sites for hydroxylation is 1. The number of amides is 1. The molecule has 0 saturated carbocycles. The average molecular weight is 421 g/mol. The Hall–Kier alpha value is -3.49. The van der Waals surface area contributed by atoms with Crippen molar-refractivity contribution in [2.75, 3.05) is 18.7 Å². The van der Waals surface area contributed by atoms with Crippen LogP contribution < -0.4 is 19.5 Å². The summed E-state index contributed by atoms with van der Waals surface area (Å²) < 4.78 is 16.4. The van der Waals surface area contributed by atoms with E-state index in [0.717, 1.165) is 36.1 Å². The Bertz CT molecular complexity index is 1120. The zero-order chi connectivity index (χ0) is 21.1. The van der Waals surface area contributed by atoms with Gasteiger partial charge in [-0.05, 0) is 50.3 Å². The van der Waals surface area contributed by atoms with E-state index in [1.54, 1.807) is 12.1 Å². The van der Waals surface area contributed by atoms with Gasteiger partial charge in [-0.3, -0.25) is 4.79 Å². The molecule has 0 spiro atoms. The second-order valence-electron chi connectivity index (χ2n) is 6.83. The number of carbonyl (C=O) groups excluding carboxylic acids is 1. The molecule has 1 aromatic heterocycles. The lowest BCUT2D eigenvalue weighted by Gasteiger charge is -2.10. The molecule has 30 heavy (non-hydrogen) atoms. The highest BCUT2D eigenvalue weighted by atomic mass is 32.1. The number of rotatable bonds is 5. The van der Waals surface area contributed by atoms with Gasteiger partial charge in [0.05, 0.1) is 12.2 Å². The molecule has 4 rings (SSSR count). The van der Waals surface area contributed by atoms with E-state index in [1.807, 2.05) is 13.0 Å². The summed E-state index contributed by atoms with van der Waals surface area (Å²) in [5, 5.41) is 22.4. The van der Waals surface area contributed by atoms with Gasteiger partial charge in [0.1, 0.15) is 28.5 Å². The van der Waals surface area contributed by atoms with Crippen LogP contribution in [0.1, 0.15) is 41.3 Å². The minimum atomic E-state index is -0.562. The standard InChI is InChI=1S/C22H19N3O4S/c1-2-27-17-9-19-18(28-12-29-19)8-13(17)7-14(10-23)21(26)25-22-16(11-24)15-5-3-4-6-20(15)30-22/h7-9H,2-6,12H2,1H3,(H,25,26)/b14-7+. The molecule has 1 aliphatic heterocycles. The number of nitrogens with zero attached hydrogens (tertiary/aromatic N) is 2. The highest BCUT2D eigenvalue weighted by molar-refractivity contribution is 7.16. The molecule has 0 bridgehead atoms. The zero-order valence-electron chi connectivity index (χ0n) is 16.4. The second-order valence-corrected chi connectivity index (χ2v) is 7.93. The normalized spacial score (nSPS) is 14.4. The molecule has 2 aliphatic rings. The summed E-state index contributed by atoms with van der Waals surface area (Å²) in [4.78, 5) is 14.0. The number of thiophene rings is 1. The highest BCUT2D eigenvalue weighted by Crippen LogP contribution is 2.40. The maximum absolute atomic E-state index is 12.8. The van der Waals surface area contributed by atoms with Crippen LogP contribution in [0.25, 0.3) is 6.08 Å². The van der Waals surface area contributed by atoms with E-state index < -0.39 is 5.91 Å². The lowest BCUT2D eigenvalue weighted by Crippen LogP contribution is -2.13. The van der Waals surface area contributed by atoms with Crippen LogP contribution in [0.15, 0.2) is 17.7 Å². The number of hydrogen-bond donors (Lipinski definition) is 1. The van der Waals surface area contributed by atoms with E-state index in [9.17, 15) is 15.3 Å². The molecule has 152 valence electrons. The number of anilines is 1. The topological polar surface area (TPSA) is 104 Å². The lowest BCUT2D eigenvalue weighted by atomic mass is 9.96. The van der Waals surface area contributed by atoms with Gasteiger partial charge in [0, 0.05) is 16.5 Å². The van der Waals surface area contributed by atoms with Crippen molar-refractivity contribution in [1.29, 1.82) is 10.5 Å².